The summed E-state index contributed by atoms with van der Waals surface area (Å²) in [7, 11) is 0. The normalized spacial score (nSPS) is 37.7. The summed E-state index contributed by atoms with van der Waals surface area (Å²) in [5.74, 6) is 0.858. The lowest BCUT2D eigenvalue weighted by atomic mass is 9.96. The molecule has 2 aliphatic rings. The molecule has 0 aromatic carbocycles. The Hall–Kier alpha value is -0.120. The molecule has 0 aromatic rings. The van der Waals surface area contributed by atoms with Gasteiger partial charge in [-0.25, -0.2) is 0 Å². The molecule has 2 rings (SSSR count). The van der Waals surface area contributed by atoms with Gasteiger partial charge in [-0.15, -0.1) is 0 Å². The van der Waals surface area contributed by atoms with Crippen LogP contribution in [-0.2, 0) is 0 Å². The Morgan fingerprint density at radius 2 is 2.12 bits per heavy atom. The van der Waals surface area contributed by atoms with Gasteiger partial charge < -0.3 is 5.73 Å². The monoisotopic (exact) mass is 225 g/mol. The molecule has 0 radical (unpaired) electrons. The Kier molecular flexibility index (Phi) is 3.57. The third kappa shape index (κ3) is 2.13. The fraction of sp³-hybridized carbons (Fsp3) is 1.00. The lowest BCUT2D eigenvalue weighted by molar-refractivity contribution is 0.118. The van der Waals surface area contributed by atoms with Crippen molar-refractivity contribution in [3.63, 3.8) is 0 Å². The van der Waals surface area contributed by atoms with Gasteiger partial charge in [-0.05, 0) is 39.2 Å². The van der Waals surface area contributed by atoms with Crippen molar-refractivity contribution in [3.8, 4) is 0 Å². The summed E-state index contributed by atoms with van der Waals surface area (Å²) >= 11 is 0. The van der Waals surface area contributed by atoms with E-state index in [0.29, 0.717) is 6.04 Å². The van der Waals surface area contributed by atoms with Gasteiger partial charge in [-0.3, -0.25) is 9.80 Å². The second kappa shape index (κ2) is 4.63. The highest BCUT2D eigenvalue weighted by Crippen LogP contribution is 2.32. The van der Waals surface area contributed by atoms with Crippen LogP contribution >= 0.6 is 0 Å². The van der Waals surface area contributed by atoms with E-state index >= 15 is 0 Å². The van der Waals surface area contributed by atoms with Crippen LogP contribution < -0.4 is 5.73 Å². The van der Waals surface area contributed by atoms with Crippen molar-refractivity contribution in [2.24, 2.45) is 11.7 Å². The summed E-state index contributed by atoms with van der Waals surface area (Å²) in [6, 6.07) is 0.661. The first-order valence-electron chi connectivity index (χ1n) is 6.76. The molecule has 0 saturated carbocycles. The van der Waals surface area contributed by atoms with Crippen LogP contribution in [0.15, 0.2) is 0 Å². The number of nitrogens with zero attached hydrogens (tertiary/aromatic N) is 2. The Morgan fingerprint density at radius 3 is 2.56 bits per heavy atom. The largest absolute Gasteiger partial charge is 0.329 e. The highest BCUT2D eigenvalue weighted by atomic mass is 15.3. The van der Waals surface area contributed by atoms with E-state index in [0.717, 1.165) is 12.5 Å². The van der Waals surface area contributed by atoms with E-state index in [1.807, 2.05) is 0 Å². The third-order valence-corrected chi connectivity index (χ3v) is 4.57. The predicted molar refractivity (Wildman–Crippen MR) is 68.5 cm³/mol. The summed E-state index contributed by atoms with van der Waals surface area (Å²) < 4.78 is 0. The maximum absolute atomic E-state index is 6.09. The smallest absolute Gasteiger partial charge is 0.0470 e. The highest BCUT2D eigenvalue weighted by molar-refractivity contribution is 5.02. The van der Waals surface area contributed by atoms with Crippen LogP contribution in [0.2, 0.25) is 0 Å². The highest BCUT2D eigenvalue weighted by Gasteiger charge is 2.44. The summed E-state index contributed by atoms with van der Waals surface area (Å²) in [4.78, 5) is 5.25. The van der Waals surface area contributed by atoms with Gasteiger partial charge in [0, 0.05) is 37.8 Å². The van der Waals surface area contributed by atoms with E-state index in [9.17, 15) is 0 Å². The zero-order valence-corrected chi connectivity index (χ0v) is 11.1. The summed E-state index contributed by atoms with van der Waals surface area (Å²) in [6.07, 6.45) is 2.61. The molecule has 0 bridgehead atoms. The van der Waals surface area contributed by atoms with Gasteiger partial charge >= 0.3 is 0 Å². The van der Waals surface area contributed by atoms with E-state index in [4.69, 9.17) is 5.73 Å². The minimum atomic E-state index is 0.287. The molecule has 0 amide bonds. The second-order valence-electron chi connectivity index (χ2n) is 6.08. The summed E-state index contributed by atoms with van der Waals surface area (Å²) in [6.45, 7) is 12.7. The van der Waals surface area contributed by atoms with Gasteiger partial charge in [0.25, 0.3) is 0 Å². The molecule has 2 N–H and O–H groups in total. The van der Waals surface area contributed by atoms with Crippen molar-refractivity contribution in [2.45, 2.75) is 45.2 Å². The standard InChI is InChI=1S/C13H27N3/c1-11(2)15-7-5-13(9-14,10-15)16-6-4-12(3)8-16/h11-12H,4-10,14H2,1-3H3. The molecule has 0 spiro atoms. The van der Waals surface area contributed by atoms with Gasteiger partial charge in [-0.2, -0.15) is 0 Å². The van der Waals surface area contributed by atoms with Gasteiger partial charge in [0.15, 0.2) is 0 Å². The summed E-state index contributed by atoms with van der Waals surface area (Å²) in [5, 5.41) is 0. The number of likely N-dealkylation sites (tertiary alicyclic amines) is 2. The lowest BCUT2D eigenvalue weighted by Crippen LogP contribution is -2.55. The second-order valence-corrected chi connectivity index (χ2v) is 6.08. The third-order valence-electron chi connectivity index (χ3n) is 4.57. The molecule has 2 heterocycles. The average molecular weight is 225 g/mol. The van der Waals surface area contributed by atoms with E-state index in [1.54, 1.807) is 0 Å². The number of rotatable bonds is 3. The number of nitrogens with two attached hydrogens (primary N) is 1. The van der Waals surface area contributed by atoms with Crippen LogP contribution in [0, 0.1) is 5.92 Å². The molecule has 0 aliphatic carbocycles. The summed E-state index contributed by atoms with van der Waals surface area (Å²) in [5.41, 5.74) is 6.37. The first-order valence-corrected chi connectivity index (χ1v) is 6.76. The zero-order chi connectivity index (χ0) is 11.8. The molecular weight excluding hydrogens is 198 g/mol. The SMILES string of the molecule is CC1CCN(C2(CN)CCN(C(C)C)C2)C1. The van der Waals surface area contributed by atoms with Crippen LogP contribution in [0.3, 0.4) is 0 Å². The van der Waals surface area contributed by atoms with Crippen molar-refractivity contribution in [2.75, 3.05) is 32.7 Å². The van der Waals surface area contributed by atoms with Crippen molar-refractivity contribution in [3.05, 3.63) is 0 Å². The maximum Gasteiger partial charge on any atom is 0.0470 e. The van der Waals surface area contributed by atoms with E-state index in [-0.39, 0.29) is 5.54 Å². The van der Waals surface area contributed by atoms with Gasteiger partial charge in [0.05, 0.1) is 0 Å². The van der Waals surface area contributed by atoms with Gasteiger partial charge in [0.1, 0.15) is 0 Å². The first kappa shape index (κ1) is 12.3. The molecule has 2 atom stereocenters. The minimum Gasteiger partial charge on any atom is -0.329 e. The van der Waals surface area contributed by atoms with Crippen LogP contribution in [0.1, 0.15) is 33.6 Å². The first-order chi connectivity index (χ1) is 7.57. The van der Waals surface area contributed by atoms with Crippen LogP contribution in [0.5, 0.6) is 0 Å². The molecule has 3 nitrogen and oxygen atoms in total. The molecular formula is C13H27N3. The lowest BCUT2D eigenvalue weighted by Gasteiger charge is -2.38. The van der Waals surface area contributed by atoms with Crippen molar-refractivity contribution in [1.29, 1.82) is 0 Å². The molecule has 94 valence electrons. The topological polar surface area (TPSA) is 32.5 Å². The van der Waals surface area contributed by atoms with Crippen molar-refractivity contribution >= 4 is 0 Å². The van der Waals surface area contributed by atoms with E-state index in [1.165, 1.54) is 39.0 Å². The molecule has 2 fully saturated rings. The Bertz CT molecular complexity index is 241. The fourth-order valence-electron chi connectivity index (χ4n) is 3.25. The van der Waals surface area contributed by atoms with Crippen molar-refractivity contribution in [1.82, 2.24) is 9.80 Å². The molecule has 2 aliphatic heterocycles. The molecule has 16 heavy (non-hydrogen) atoms. The predicted octanol–water partition coefficient (Wildman–Crippen LogP) is 1.14. The molecule has 0 aromatic heterocycles. The molecule has 2 unspecified atom stereocenters. The van der Waals surface area contributed by atoms with Crippen molar-refractivity contribution < 1.29 is 0 Å². The quantitative estimate of drug-likeness (QED) is 0.782. The maximum atomic E-state index is 6.09. The van der Waals surface area contributed by atoms with Crippen LogP contribution in [-0.4, -0.2) is 54.1 Å². The number of hydrogen-bond donors (Lipinski definition) is 1. The average Bonchev–Trinajstić information content (AvgIpc) is 2.84. The van der Waals surface area contributed by atoms with E-state index < -0.39 is 0 Å². The molecule has 3 heteroatoms. The Morgan fingerprint density at radius 1 is 1.38 bits per heavy atom. The van der Waals surface area contributed by atoms with Crippen LogP contribution in [0.25, 0.3) is 0 Å². The number of hydrogen-bond acceptors (Lipinski definition) is 3. The van der Waals surface area contributed by atoms with Gasteiger partial charge in [0.2, 0.25) is 0 Å². The van der Waals surface area contributed by atoms with E-state index in [2.05, 4.69) is 30.6 Å². The van der Waals surface area contributed by atoms with Gasteiger partial charge in [-0.1, -0.05) is 6.92 Å². The fourth-order valence-corrected chi connectivity index (χ4v) is 3.25. The Balaban J connectivity index is 2.04. The zero-order valence-electron chi connectivity index (χ0n) is 11.1. The minimum absolute atomic E-state index is 0.287. The Labute approximate surface area is 100.0 Å². The van der Waals surface area contributed by atoms with Crippen LogP contribution in [0.4, 0.5) is 0 Å². The molecule has 2 saturated heterocycles.